The molecule has 0 saturated heterocycles. The van der Waals surface area contributed by atoms with Gasteiger partial charge in [-0.15, -0.1) is 0 Å². The zero-order valence-corrected chi connectivity index (χ0v) is 11.7. The first-order chi connectivity index (χ1) is 9.67. The lowest BCUT2D eigenvalue weighted by atomic mass is 10.0. The number of carbonyl (C=O) groups is 1. The first kappa shape index (κ1) is 14.5. The Hall–Kier alpha value is -1.92. The van der Waals surface area contributed by atoms with Crippen molar-refractivity contribution < 1.29 is 14.3 Å². The van der Waals surface area contributed by atoms with Crippen LogP contribution in [0.15, 0.2) is 29.3 Å². The SMILES string of the molecule is COCCN1C(=O)N=C(N)C1c1cccc(COC)c1. The molecule has 0 spiro atoms. The molecule has 2 rings (SSSR count). The summed E-state index contributed by atoms with van der Waals surface area (Å²) in [6, 6.07) is 7.17. The molecule has 0 fully saturated rings. The molecule has 6 nitrogen and oxygen atoms in total. The molecule has 0 bridgehead atoms. The van der Waals surface area contributed by atoms with Crippen molar-refractivity contribution in [3.63, 3.8) is 0 Å². The van der Waals surface area contributed by atoms with Crippen molar-refractivity contribution >= 4 is 11.9 Å². The highest BCUT2D eigenvalue weighted by Crippen LogP contribution is 2.27. The molecule has 1 aliphatic rings. The summed E-state index contributed by atoms with van der Waals surface area (Å²) in [6.07, 6.45) is 0. The number of hydrogen-bond donors (Lipinski definition) is 1. The number of benzene rings is 1. The molecule has 1 aromatic carbocycles. The van der Waals surface area contributed by atoms with Crippen LogP contribution in [0.25, 0.3) is 0 Å². The highest BCUT2D eigenvalue weighted by Gasteiger charge is 2.34. The van der Waals surface area contributed by atoms with Gasteiger partial charge >= 0.3 is 6.03 Å². The number of carbonyl (C=O) groups excluding carboxylic acids is 1. The number of urea groups is 1. The van der Waals surface area contributed by atoms with Crippen LogP contribution in [0.5, 0.6) is 0 Å². The Bertz CT molecular complexity index is 516. The van der Waals surface area contributed by atoms with Crippen LogP contribution in [0.2, 0.25) is 0 Å². The first-order valence-corrected chi connectivity index (χ1v) is 6.38. The van der Waals surface area contributed by atoms with Gasteiger partial charge in [-0.05, 0) is 11.1 Å². The number of aliphatic imine (C=N–C) groups is 1. The molecule has 1 aliphatic heterocycles. The quantitative estimate of drug-likeness (QED) is 0.850. The summed E-state index contributed by atoms with van der Waals surface area (Å²) in [5.41, 5.74) is 7.87. The van der Waals surface area contributed by atoms with E-state index in [1.807, 2.05) is 24.3 Å². The van der Waals surface area contributed by atoms with E-state index in [1.54, 1.807) is 19.1 Å². The largest absolute Gasteiger partial charge is 0.385 e. The molecular formula is C14H19N3O3. The van der Waals surface area contributed by atoms with Crippen LogP contribution >= 0.6 is 0 Å². The number of amidine groups is 1. The van der Waals surface area contributed by atoms with Gasteiger partial charge in [0.1, 0.15) is 11.9 Å². The third-order valence-corrected chi connectivity index (χ3v) is 3.18. The van der Waals surface area contributed by atoms with E-state index >= 15 is 0 Å². The summed E-state index contributed by atoms with van der Waals surface area (Å²) in [4.78, 5) is 17.3. The van der Waals surface area contributed by atoms with E-state index in [0.717, 1.165) is 11.1 Å². The molecule has 6 heteroatoms. The molecule has 1 atom stereocenters. The third-order valence-electron chi connectivity index (χ3n) is 3.18. The van der Waals surface area contributed by atoms with Crippen LogP contribution in [0.3, 0.4) is 0 Å². The normalized spacial score (nSPS) is 18.5. The Morgan fingerprint density at radius 2 is 2.15 bits per heavy atom. The highest BCUT2D eigenvalue weighted by atomic mass is 16.5. The first-order valence-electron chi connectivity index (χ1n) is 6.38. The van der Waals surface area contributed by atoms with E-state index in [9.17, 15) is 4.79 Å². The standard InChI is InChI=1S/C14H19N3O3/c1-19-7-6-17-12(13(15)16-14(17)18)11-5-3-4-10(8-11)9-20-2/h3-5,8,12H,6-7,9H2,1-2H3,(H2,15,16,18). The van der Waals surface area contributed by atoms with Gasteiger partial charge < -0.3 is 20.1 Å². The Balaban J connectivity index is 2.25. The van der Waals surface area contributed by atoms with Crippen molar-refractivity contribution in [3.8, 4) is 0 Å². The summed E-state index contributed by atoms with van der Waals surface area (Å²) in [5, 5.41) is 0. The Labute approximate surface area is 118 Å². The van der Waals surface area contributed by atoms with E-state index in [1.165, 1.54) is 0 Å². The molecule has 1 heterocycles. The van der Waals surface area contributed by atoms with E-state index in [2.05, 4.69) is 4.99 Å². The molecule has 1 unspecified atom stereocenters. The predicted molar refractivity (Wildman–Crippen MR) is 75.5 cm³/mol. The van der Waals surface area contributed by atoms with Crippen LogP contribution in [-0.2, 0) is 16.1 Å². The fourth-order valence-corrected chi connectivity index (χ4v) is 2.29. The monoisotopic (exact) mass is 277 g/mol. The van der Waals surface area contributed by atoms with E-state index in [-0.39, 0.29) is 12.1 Å². The number of hydrogen-bond acceptors (Lipinski definition) is 4. The van der Waals surface area contributed by atoms with Crippen molar-refractivity contribution in [1.29, 1.82) is 0 Å². The van der Waals surface area contributed by atoms with Gasteiger partial charge in [-0.3, -0.25) is 0 Å². The van der Waals surface area contributed by atoms with Gasteiger partial charge in [0.05, 0.1) is 13.2 Å². The minimum absolute atomic E-state index is 0.318. The number of ether oxygens (including phenoxy) is 2. The lowest BCUT2D eigenvalue weighted by molar-refractivity contribution is 0.150. The minimum atomic E-state index is -0.325. The number of methoxy groups -OCH3 is 2. The average Bonchev–Trinajstić information content (AvgIpc) is 2.71. The van der Waals surface area contributed by atoms with Gasteiger partial charge in [-0.25, -0.2) is 4.79 Å². The number of nitrogens with zero attached hydrogens (tertiary/aromatic N) is 2. The maximum Gasteiger partial charge on any atom is 0.346 e. The summed E-state index contributed by atoms with van der Waals surface area (Å²) in [6.45, 7) is 1.42. The van der Waals surface area contributed by atoms with Gasteiger partial charge in [0, 0.05) is 20.8 Å². The Kier molecular flexibility index (Phi) is 4.70. The van der Waals surface area contributed by atoms with Gasteiger partial charge in [0.2, 0.25) is 0 Å². The molecule has 0 saturated carbocycles. The Morgan fingerprint density at radius 1 is 1.35 bits per heavy atom. The fourth-order valence-electron chi connectivity index (χ4n) is 2.29. The summed E-state index contributed by atoms with van der Waals surface area (Å²) >= 11 is 0. The van der Waals surface area contributed by atoms with E-state index in [4.69, 9.17) is 15.2 Å². The van der Waals surface area contributed by atoms with Gasteiger partial charge in [0.25, 0.3) is 0 Å². The average molecular weight is 277 g/mol. The summed E-state index contributed by atoms with van der Waals surface area (Å²) in [7, 11) is 3.24. The van der Waals surface area contributed by atoms with Crippen LogP contribution in [0, 0.1) is 0 Å². The number of rotatable bonds is 6. The molecule has 0 aliphatic carbocycles. The van der Waals surface area contributed by atoms with Gasteiger partial charge in [0.15, 0.2) is 0 Å². The van der Waals surface area contributed by atoms with Crippen LogP contribution < -0.4 is 5.73 Å². The third kappa shape index (κ3) is 2.97. The van der Waals surface area contributed by atoms with Crippen molar-refractivity contribution in [2.45, 2.75) is 12.6 Å². The fraction of sp³-hybridized carbons (Fsp3) is 0.429. The lowest BCUT2D eigenvalue weighted by Crippen LogP contribution is -2.35. The van der Waals surface area contributed by atoms with Crippen LogP contribution in [0.1, 0.15) is 17.2 Å². The molecule has 20 heavy (non-hydrogen) atoms. The van der Waals surface area contributed by atoms with E-state index in [0.29, 0.717) is 25.6 Å². The Morgan fingerprint density at radius 3 is 2.85 bits per heavy atom. The lowest BCUT2D eigenvalue weighted by Gasteiger charge is -2.24. The smallest absolute Gasteiger partial charge is 0.346 e. The predicted octanol–water partition coefficient (Wildman–Crippen LogP) is 1.31. The number of amides is 2. The topological polar surface area (TPSA) is 77.2 Å². The van der Waals surface area contributed by atoms with Gasteiger partial charge in [-0.1, -0.05) is 24.3 Å². The van der Waals surface area contributed by atoms with Crippen molar-refractivity contribution in [3.05, 3.63) is 35.4 Å². The zero-order valence-electron chi connectivity index (χ0n) is 11.7. The maximum absolute atomic E-state index is 11.9. The minimum Gasteiger partial charge on any atom is -0.385 e. The van der Waals surface area contributed by atoms with Crippen LogP contribution in [0.4, 0.5) is 4.79 Å². The van der Waals surface area contributed by atoms with Crippen LogP contribution in [-0.4, -0.2) is 44.1 Å². The molecule has 0 radical (unpaired) electrons. The zero-order chi connectivity index (χ0) is 14.5. The maximum atomic E-state index is 11.9. The summed E-state index contributed by atoms with van der Waals surface area (Å²) in [5.74, 6) is 0.320. The highest BCUT2D eigenvalue weighted by molar-refractivity contribution is 6.03. The van der Waals surface area contributed by atoms with Crippen molar-refractivity contribution in [2.24, 2.45) is 10.7 Å². The van der Waals surface area contributed by atoms with Crippen molar-refractivity contribution in [1.82, 2.24) is 4.90 Å². The molecule has 108 valence electrons. The second kappa shape index (κ2) is 6.49. The summed E-state index contributed by atoms with van der Waals surface area (Å²) < 4.78 is 10.2. The molecule has 0 aromatic heterocycles. The molecular weight excluding hydrogens is 258 g/mol. The molecule has 1 aromatic rings. The van der Waals surface area contributed by atoms with Crippen molar-refractivity contribution in [2.75, 3.05) is 27.4 Å². The van der Waals surface area contributed by atoms with Gasteiger partial charge in [-0.2, -0.15) is 4.99 Å². The second-order valence-electron chi connectivity index (χ2n) is 4.59. The molecule has 2 amide bonds. The second-order valence-corrected chi connectivity index (χ2v) is 4.59. The van der Waals surface area contributed by atoms with E-state index < -0.39 is 0 Å². The molecule has 2 N–H and O–H groups in total. The number of nitrogens with two attached hydrogens (primary N) is 1.